The van der Waals surface area contributed by atoms with E-state index < -0.39 is 0 Å². The van der Waals surface area contributed by atoms with Crippen LogP contribution in [0.25, 0.3) is 0 Å². The van der Waals surface area contributed by atoms with Crippen LogP contribution in [0, 0.1) is 5.92 Å². The van der Waals surface area contributed by atoms with E-state index in [9.17, 15) is 4.79 Å². The van der Waals surface area contributed by atoms with Crippen molar-refractivity contribution in [3.63, 3.8) is 0 Å². The Morgan fingerprint density at radius 1 is 1.26 bits per heavy atom. The fourth-order valence-corrected chi connectivity index (χ4v) is 2.13. The first-order valence-corrected chi connectivity index (χ1v) is 6.97. The van der Waals surface area contributed by atoms with Gasteiger partial charge in [0.25, 0.3) is 0 Å². The van der Waals surface area contributed by atoms with Crippen LogP contribution in [0.5, 0.6) is 11.5 Å². The van der Waals surface area contributed by atoms with Crippen LogP contribution >= 0.6 is 15.9 Å². The molecule has 1 aromatic carbocycles. The summed E-state index contributed by atoms with van der Waals surface area (Å²) in [6.45, 7) is 4.33. The van der Waals surface area contributed by atoms with Gasteiger partial charge in [0.15, 0.2) is 0 Å². The molecule has 19 heavy (non-hydrogen) atoms. The smallest absolute Gasteiger partial charge is 0.222 e. The summed E-state index contributed by atoms with van der Waals surface area (Å²) in [5, 5.41) is 2.89. The summed E-state index contributed by atoms with van der Waals surface area (Å²) in [6, 6.07) is 3.79. The molecule has 0 aliphatic rings. The quantitative estimate of drug-likeness (QED) is 0.872. The van der Waals surface area contributed by atoms with E-state index in [-0.39, 0.29) is 11.8 Å². The normalized spacial score (nSPS) is 10.4. The van der Waals surface area contributed by atoms with E-state index in [1.54, 1.807) is 14.2 Å². The summed E-state index contributed by atoms with van der Waals surface area (Å²) in [6.07, 6.45) is 0.700. The molecule has 0 aliphatic heterocycles. The molecule has 0 spiro atoms. The van der Waals surface area contributed by atoms with Gasteiger partial charge in [-0.05, 0) is 40.0 Å². The summed E-state index contributed by atoms with van der Waals surface area (Å²) in [4.78, 5) is 11.5. The highest BCUT2D eigenvalue weighted by Gasteiger charge is 2.11. The molecular weight excluding hydrogens is 310 g/mol. The Balaban J connectivity index is 2.74. The molecule has 5 heteroatoms. The average Bonchev–Trinajstić information content (AvgIpc) is 2.39. The summed E-state index contributed by atoms with van der Waals surface area (Å²) >= 11 is 3.42. The third kappa shape index (κ3) is 4.42. The van der Waals surface area contributed by atoms with Crippen molar-refractivity contribution < 1.29 is 14.3 Å². The topological polar surface area (TPSA) is 47.6 Å². The maximum atomic E-state index is 11.5. The number of rotatable bonds is 6. The summed E-state index contributed by atoms with van der Waals surface area (Å²) < 4.78 is 11.4. The predicted octanol–water partition coefficient (Wildman–Crippen LogP) is 2.78. The molecule has 4 nitrogen and oxygen atoms in total. The number of halogens is 1. The maximum absolute atomic E-state index is 11.5. The summed E-state index contributed by atoms with van der Waals surface area (Å²) in [5.74, 6) is 1.60. The minimum absolute atomic E-state index is 0.00125. The molecule has 1 amide bonds. The van der Waals surface area contributed by atoms with Crippen molar-refractivity contribution in [1.29, 1.82) is 0 Å². The molecule has 0 unspecified atom stereocenters. The lowest BCUT2D eigenvalue weighted by Gasteiger charge is -2.13. The average molecular weight is 330 g/mol. The molecule has 0 aliphatic carbocycles. The van der Waals surface area contributed by atoms with Crippen molar-refractivity contribution in [2.75, 3.05) is 20.8 Å². The highest BCUT2D eigenvalue weighted by atomic mass is 79.9. The van der Waals surface area contributed by atoms with Crippen LogP contribution in [0.15, 0.2) is 16.6 Å². The van der Waals surface area contributed by atoms with E-state index >= 15 is 0 Å². The van der Waals surface area contributed by atoms with Crippen molar-refractivity contribution in [2.24, 2.45) is 5.92 Å². The molecule has 0 saturated heterocycles. The van der Waals surface area contributed by atoms with Crippen molar-refractivity contribution in [2.45, 2.75) is 20.3 Å². The van der Waals surface area contributed by atoms with Gasteiger partial charge in [0.1, 0.15) is 11.5 Å². The standard InChI is InChI=1S/C14H20BrNO3/c1-9(2)14(17)16-6-5-10-7-13(19-4)11(15)8-12(10)18-3/h7-9H,5-6H2,1-4H3,(H,16,17). The lowest BCUT2D eigenvalue weighted by Crippen LogP contribution is -2.29. The number of carbonyl (C=O) groups is 1. The molecule has 1 aromatic rings. The van der Waals surface area contributed by atoms with Crippen LogP contribution in [0.2, 0.25) is 0 Å². The van der Waals surface area contributed by atoms with Crippen LogP contribution in [0.4, 0.5) is 0 Å². The Kier molecular flexibility index (Phi) is 6.15. The van der Waals surface area contributed by atoms with Gasteiger partial charge in [-0.2, -0.15) is 0 Å². The van der Waals surface area contributed by atoms with E-state index in [2.05, 4.69) is 21.2 Å². The van der Waals surface area contributed by atoms with Gasteiger partial charge in [0, 0.05) is 12.5 Å². The Bertz CT molecular complexity index is 447. The molecule has 1 N–H and O–H groups in total. The van der Waals surface area contributed by atoms with Gasteiger partial charge in [0.2, 0.25) is 5.91 Å². The molecule has 0 aromatic heterocycles. The second kappa shape index (κ2) is 7.38. The SMILES string of the molecule is COc1cc(CCNC(=O)C(C)C)c(OC)cc1Br. The number of nitrogens with one attached hydrogen (secondary N) is 1. The van der Waals surface area contributed by atoms with Gasteiger partial charge in [-0.15, -0.1) is 0 Å². The number of benzene rings is 1. The van der Waals surface area contributed by atoms with Gasteiger partial charge in [-0.25, -0.2) is 0 Å². The van der Waals surface area contributed by atoms with Crippen LogP contribution in [0.3, 0.4) is 0 Å². The molecule has 0 atom stereocenters. The molecule has 0 bridgehead atoms. The summed E-state index contributed by atoms with van der Waals surface area (Å²) in [7, 11) is 3.25. The third-order valence-corrected chi connectivity index (χ3v) is 3.39. The molecule has 0 heterocycles. The van der Waals surface area contributed by atoms with Crippen LogP contribution in [0.1, 0.15) is 19.4 Å². The highest BCUT2D eigenvalue weighted by molar-refractivity contribution is 9.10. The third-order valence-electron chi connectivity index (χ3n) is 2.77. The van der Waals surface area contributed by atoms with Crippen molar-refractivity contribution in [3.05, 3.63) is 22.2 Å². The Hall–Kier alpha value is -1.23. The lowest BCUT2D eigenvalue weighted by molar-refractivity contribution is -0.123. The fourth-order valence-electron chi connectivity index (χ4n) is 1.64. The van der Waals surface area contributed by atoms with E-state index in [0.29, 0.717) is 13.0 Å². The zero-order chi connectivity index (χ0) is 14.4. The largest absolute Gasteiger partial charge is 0.496 e. The van der Waals surface area contributed by atoms with Crippen molar-refractivity contribution in [3.8, 4) is 11.5 Å². The molecular formula is C14H20BrNO3. The highest BCUT2D eigenvalue weighted by Crippen LogP contribution is 2.32. The number of methoxy groups -OCH3 is 2. The minimum Gasteiger partial charge on any atom is -0.496 e. The first-order valence-electron chi connectivity index (χ1n) is 6.17. The van der Waals surface area contributed by atoms with E-state index in [1.165, 1.54) is 0 Å². The molecule has 0 fully saturated rings. The van der Waals surface area contributed by atoms with Gasteiger partial charge in [-0.1, -0.05) is 13.8 Å². The van der Waals surface area contributed by atoms with E-state index in [0.717, 1.165) is 21.5 Å². The zero-order valence-corrected chi connectivity index (χ0v) is 13.3. The molecule has 0 saturated carbocycles. The second-order valence-corrected chi connectivity index (χ2v) is 5.35. The number of ether oxygens (including phenoxy) is 2. The zero-order valence-electron chi connectivity index (χ0n) is 11.7. The molecule has 106 valence electrons. The van der Waals surface area contributed by atoms with Crippen molar-refractivity contribution in [1.82, 2.24) is 5.32 Å². The molecule has 0 radical (unpaired) electrons. The van der Waals surface area contributed by atoms with E-state index in [1.807, 2.05) is 26.0 Å². The summed E-state index contributed by atoms with van der Waals surface area (Å²) in [5.41, 5.74) is 1.01. The van der Waals surface area contributed by atoms with Gasteiger partial charge in [0.05, 0.1) is 18.7 Å². The lowest BCUT2D eigenvalue weighted by atomic mass is 10.1. The Labute approximate surface area is 122 Å². The first kappa shape index (κ1) is 15.8. The monoisotopic (exact) mass is 329 g/mol. The van der Waals surface area contributed by atoms with Gasteiger partial charge >= 0.3 is 0 Å². The number of hydrogen-bond donors (Lipinski definition) is 1. The Morgan fingerprint density at radius 2 is 1.89 bits per heavy atom. The number of hydrogen-bond acceptors (Lipinski definition) is 3. The first-order chi connectivity index (χ1) is 8.99. The predicted molar refractivity (Wildman–Crippen MR) is 78.8 cm³/mol. The number of carbonyl (C=O) groups excluding carboxylic acids is 1. The van der Waals surface area contributed by atoms with Crippen LogP contribution in [-0.4, -0.2) is 26.7 Å². The van der Waals surface area contributed by atoms with E-state index in [4.69, 9.17) is 9.47 Å². The Morgan fingerprint density at radius 3 is 2.42 bits per heavy atom. The molecule has 1 rings (SSSR count). The van der Waals surface area contributed by atoms with Crippen LogP contribution in [-0.2, 0) is 11.2 Å². The second-order valence-electron chi connectivity index (χ2n) is 4.49. The maximum Gasteiger partial charge on any atom is 0.222 e. The van der Waals surface area contributed by atoms with Gasteiger partial charge in [-0.3, -0.25) is 4.79 Å². The minimum atomic E-state index is 0.00125. The van der Waals surface area contributed by atoms with Crippen LogP contribution < -0.4 is 14.8 Å². The van der Waals surface area contributed by atoms with Gasteiger partial charge < -0.3 is 14.8 Å². The fraction of sp³-hybridized carbons (Fsp3) is 0.500. The van der Waals surface area contributed by atoms with Crippen molar-refractivity contribution >= 4 is 21.8 Å². The number of amides is 1.